The van der Waals surface area contributed by atoms with Gasteiger partial charge in [-0.1, -0.05) is 22.0 Å². The molecule has 0 amide bonds. The molecule has 100 valence electrons. The van der Waals surface area contributed by atoms with Crippen molar-refractivity contribution >= 4 is 21.6 Å². The molecule has 2 N–H and O–H groups in total. The number of benzene rings is 1. The Morgan fingerprint density at radius 2 is 2.22 bits per heavy atom. The minimum atomic E-state index is 0.546. The second kappa shape index (κ2) is 6.55. The summed E-state index contributed by atoms with van der Waals surface area (Å²) in [5.41, 5.74) is 8.14. The summed E-state index contributed by atoms with van der Waals surface area (Å²) >= 11 is 3.55. The van der Waals surface area contributed by atoms with Crippen LogP contribution < -0.4 is 10.6 Å². The molecule has 4 heteroatoms. The van der Waals surface area contributed by atoms with Crippen LogP contribution in [0.4, 0.5) is 5.69 Å². The molecule has 18 heavy (non-hydrogen) atoms. The molecule has 1 fully saturated rings. The predicted octanol–water partition coefficient (Wildman–Crippen LogP) is 2.77. The molecule has 0 atom stereocenters. The van der Waals surface area contributed by atoms with Crippen molar-refractivity contribution in [3.8, 4) is 0 Å². The van der Waals surface area contributed by atoms with Gasteiger partial charge in [0.05, 0.1) is 6.61 Å². The average molecular weight is 313 g/mol. The van der Waals surface area contributed by atoms with E-state index < -0.39 is 0 Å². The number of halogens is 1. The molecule has 0 spiro atoms. The number of ether oxygens (including phenoxy) is 1. The van der Waals surface area contributed by atoms with Gasteiger partial charge in [-0.3, -0.25) is 0 Å². The molecule has 0 heterocycles. The Kier molecular flexibility index (Phi) is 5.03. The third-order valence-corrected chi connectivity index (χ3v) is 4.07. The van der Waals surface area contributed by atoms with Gasteiger partial charge in [0.15, 0.2) is 0 Å². The third kappa shape index (κ3) is 3.70. The number of rotatable bonds is 7. The molecule has 1 aliphatic carbocycles. The Morgan fingerprint density at radius 1 is 1.44 bits per heavy atom. The molecule has 0 unspecified atom stereocenters. The van der Waals surface area contributed by atoms with Crippen LogP contribution in [0.1, 0.15) is 18.4 Å². The van der Waals surface area contributed by atoms with Gasteiger partial charge in [-0.25, -0.2) is 0 Å². The van der Waals surface area contributed by atoms with E-state index in [4.69, 9.17) is 10.5 Å². The fourth-order valence-corrected chi connectivity index (χ4v) is 2.48. The van der Waals surface area contributed by atoms with Crippen LogP contribution in [0.2, 0.25) is 0 Å². The van der Waals surface area contributed by atoms with Crippen molar-refractivity contribution in [2.45, 2.75) is 19.4 Å². The highest BCUT2D eigenvalue weighted by Gasteiger charge is 2.21. The lowest BCUT2D eigenvalue weighted by Gasteiger charge is -2.22. The lowest BCUT2D eigenvalue weighted by molar-refractivity contribution is 0.131. The van der Waals surface area contributed by atoms with E-state index >= 15 is 0 Å². The Hall–Kier alpha value is -0.580. The van der Waals surface area contributed by atoms with Crippen LogP contribution in [0, 0.1) is 5.92 Å². The molecule has 0 aliphatic heterocycles. The Balaban J connectivity index is 1.86. The van der Waals surface area contributed by atoms with Crippen molar-refractivity contribution in [2.24, 2.45) is 11.7 Å². The molecule has 1 aromatic carbocycles. The van der Waals surface area contributed by atoms with Crippen LogP contribution in [0.5, 0.6) is 0 Å². The topological polar surface area (TPSA) is 38.5 Å². The van der Waals surface area contributed by atoms with Crippen LogP contribution in [0.15, 0.2) is 22.7 Å². The smallest absolute Gasteiger partial charge is 0.0641 e. The van der Waals surface area contributed by atoms with Crippen molar-refractivity contribution in [1.29, 1.82) is 0 Å². The standard InChI is InChI=1S/C14H21BrN2O/c1-17(7-8-18-10-11-5-6-11)14-4-2-3-13(15)12(14)9-16/h2-4,11H,5-10,16H2,1H3. The van der Waals surface area contributed by atoms with Gasteiger partial charge < -0.3 is 15.4 Å². The molecule has 0 bridgehead atoms. The molecule has 0 aromatic heterocycles. The highest BCUT2D eigenvalue weighted by molar-refractivity contribution is 9.10. The van der Waals surface area contributed by atoms with Gasteiger partial charge in [-0.2, -0.15) is 0 Å². The van der Waals surface area contributed by atoms with Crippen molar-refractivity contribution in [1.82, 2.24) is 0 Å². The monoisotopic (exact) mass is 312 g/mol. The molecule has 0 saturated heterocycles. The number of nitrogens with zero attached hydrogens (tertiary/aromatic N) is 1. The first-order valence-electron chi connectivity index (χ1n) is 6.48. The molecule has 0 radical (unpaired) electrons. The van der Waals surface area contributed by atoms with E-state index in [2.05, 4.69) is 33.9 Å². The van der Waals surface area contributed by atoms with E-state index in [1.807, 2.05) is 12.1 Å². The zero-order chi connectivity index (χ0) is 13.0. The summed E-state index contributed by atoms with van der Waals surface area (Å²) in [7, 11) is 2.08. The summed E-state index contributed by atoms with van der Waals surface area (Å²) in [4.78, 5) is 2.21. The summed E-state index contributed by atoms with van der Waals surface area (Å²) in [5.74, 6) is 0.834. The SMILES string of the molecule is CN(CCOCC1CC1)c1cccc(Br)c1CN. The maximum absolute atomic E-state index is 5.80. The summed E-state index contributed by atoms with van der Waals surface area (Å²) in [5, 5.41) is 0. The van der Waals surface area contributed by atoms with Crippen LogP contribution in [0.25, 0.3) is 0 Å². The first kappa shape index (κ1) is 13.8. The number of nitrogens with two attached hydrogens (primary N) is 1. The van der Waals surface area contributed by atoms with Crippen LogP contribution in [-0.2, 0) is 11.3 Å². The lowest BCUT2D eigenvalue weighted by Crippen LogP contribution is -2.24. The van der Waals surface area contributed by atoms with Crippen molar-refractivity contribution < 1.29 is 4.74 Å². The van der Waals surface area contributed by atoms with Crippen molar-refractivity contribution in [3.63, 3.8) is 0 Å². The minimum Gasteiger partial charge on any atom is -0.379 e. The average Bonchev–Trinajstić information content (AvgIpc) is 3.18. The van der Waals surface area contributed by atoms with Gasteiger partial charge in [0.1, 0.15) is 0 Å². The fraction of sp³-hybridized carbons (Fsp3) is 0.571. The van der Waals surface area contributed by atoms with E-state index in [9.17, 15) is 0 Å². The zero-order valence-corrected chi connectivity index (χ0v) is 12.4. The molecule has 1 aliphatic rings. The third-order valence-electron chi connectivity index (χ3n) is 3.33. The first-order valence-corrected chi connectivity index (χ1v) is 7.28. The second-order valence-corrected chi connectivity index (χ2v) is 5.74. The number of hydrogen-bond donors (Lipinski definition) is 1. The fourth-order valence-electron chi connectivity index (χ4n) is 1.96. The van der Waals surface area contributed by atoms with E-state index in [1.165, 1.54) is 18.5 Å². The maximum atomic E-state index is 5.80. The largest absolute Gasteiger partial charge is 0.379 e. The minimum absolute atomic E-state index is 0.546. The van der Waals surface area contributed by atoms with Gasteiger partial charge in [0.25, 0.3) is 0 Å². The molecule has 1 saturated carbocycles. The van der Waals surface area contributed by atoms with E-state index in [0.29, 0.717) is 6.54 Å². The molecule has 1 aromatic rings. The van der Waals surface area contributed by atoms with Gasteiger partial charge >= 0.3 is 0 Å². The summed E-state index contributed by atoms with van der Waals surface area (Å²) in [6, 6.07) is 6.18. The summed E-state index contributed by atoms with van der Waals surface area (Å²) in [6.07, 6.45) is 2.69. The van der Waals surface area contributed by atoms with E-state index in [1.54, 1.807) is 0 Å². The highest BCUT2D eigenvalue weighted by Crippen LogP contribution is 2.29. The second-order valence-electron chi connectivity index (χ2n) is 4.88. The van der Waals surface area contributed by atoms with E-state index in [-0.39, 0.29) is 0 Å². The predicted molar refractivity (Wildman–Crippen MR) is 78.8 cm³/mol. The quantitative estimate of drug-likeness (QED) is 0.787. The zero-order valence-electron chi connectivity index (χ0n) is 10.9. The number of anilines is 1. The summed E-state index contributed by atoms with van der Waals surface area (Å²) < 4.78 is 6.75. The van der Waals surface area contributed by atoms with Gasteiger partial charge in [0.2, 0.25) is 0 Å². The first-order chi connectivity index (χ1) is 8.72. The lowest BCUT2D eigenvalue weighted by atomic mass is 10.1. The molecular formula is C14H21BrN2O. The van der Waals surface area contributed by atoms with Crippen molar-refractivity contribution in [2.75, 3.05) is 31.7 Å². The Morgan fingerprint density at radius 3 is 2.89 bits per heavy atom. The highest BCUT2D eigenvalue weighted by atomic mass is 79.9. The van der Waals surface area contributed by atoms with E-state index in [0.717, 1.165) is 35.7 Å². The van der Waals surface area contributed by atoms with Crippen molar-refractivity contribution in [3.05, 3.63) is 28.2 Å². The number of hydrogen-bond acceptors (Lipinski definition) is 3. The van der Waals surface area contributed by atoms with Gasteiger partial charge in [-0.05, 0) is 30.9 Å². The summed E-state index contributed by atoms with van der Waals surface area (Å²) in [6.45, 7) is 3.15. The Labute approximate surface area is 117 Å². The van der Waals surface area contributed by atoms with Crippen LogP contribution >= 0.6 is 15.9 Å². The molecule has 2 rings (SSSR count). The van der Waals surface area contributed by atoms with Gasteiger partial charge in [0, 0.05) is 42.5 Å². The maximum Gasteiger partial charge on any atom is 0.0641 e. The normalized spacial score (nSPS) is 14.8. The molecular weight excluding hydrogens is 292 g/mol. The molecule has 3 nitrogen and oxygen atoms in total. The van der Waals surface area contributed by atoms with Gasteiger partial charge in [-0.15, -0.1) is 0 Å². The van der Waals surface area contributed by atoms with Crippen LogP contribution in [0.3, 0.4) is 0 Å². The Bertz CT molecular complexity index is 393. The van der Waals surface area contributed by atoms with Crippen LogP contribution in [-0.4, -0.2) is 26.8 Å². The number of likely N-dealkylation sites (N-methyl/N-ethyl adjacent to an activating group) is 1.